The molecule has 46 heavy (non-hydrogen) atoms. The SMILES string of the molecule is O=C(NCc1ccncc1)[C@@H](c1ccccc1)N(Cc1ccccc1)C(=O)COc1ccc(S(=O)(=O)Nc2ccc(F)cc2)cc1. The normalized spacial score (nSPS) is 11.7. The van der Waals surface area contributed by atoms with E-state index in [1.165, 1.54) is 41.3 Å². The molecule has 5 aromatic rings. The van der Waals surface area contributed by atoms with Gasteiger partial charge in [0.15, 0.2) is 6.61 Å². The molecule has 0 bridgehead atoms. The van der Waals surface area contributed by atoms with Crippen LogP contribution in [0.1, 0.15) is 22.7 Å². The van der Waals surface area contributed by atoms with E-state index >= 15 is 0 Å². The predicted octanol–water partition coefficient (Wildman–Crippen LogP) is 5.49. The van der Waals surface area contributed by atoms with Gasteiger partial charge in [0, 0.05) is 31.2 Å². The zero-order valence-corrected chi connectivity index (χ0v) is 25.4. The van der Waals surface area contributed by atoms with Crippen LogP contribution in [0.5, 0.6) is 5.75 Å². The number of halogens is 1. The zero-order chi connectivity index (χ0) is 32.4. The summed E-state index contributed by atoms with van der Waals surface area (Å²) in [6.45, 7) is -0.0228. The van der Waals surface area contributed by atoms with Crippen molar-refractivity contribution in [1.29, 1.82) is 0 Å². The van der Waals surface area contributed by atoms with Crippen molar-refractivity contribution in [1.82, 2.24) is 15.2 Å². The minimum atomic E-state index is -3.95. The van der Waals surface area contributed by atoms with Gasteiger partial charge in [0.2, 0.25) is 5.91 Å². The minimum Gasteiger partial charge on any atom is -0.484 e. The molecule has 2 amide bonds. The van der Waals surface area contributed by atoms with Crippen LogP contribution in [0.3, 0.4) is 0 Å². The number of nitrogens with one attached hydrogen (secondary N) is 2. The summed E-state index contributed by atoms with van der Waals surface area (Å²) in [4.78, 5) is 33.0. The maximum atomic E-state index is 13.8. The topological polar surface area (TPSA) is 118 Å². The van der Waals surface area contributed by atoms with Crippen LogP contribution in [0.15, 0.2) is 139 Å². The minimum absolute atomic E-state index is 0.0452. The Morgan fingerprint density at radius 3 is 2.07 bits per heavy atom. The second kappa shape index (κ2) is 15.0. The predicted molar refractivity (Wildman–Crippen MR) is 171 cm³/mol. The number of pyridine rings is 1. The third-order valence-corrected chi connectivity index (χ3v) is 8.40. The van der Waals surface area contributed by atoms with Crippen molar-refractivity contribution < 1.29 is 27.1 Å². The van der Waals surface area contributed by atoms with E-state index in [1.54, 1.807) is 48.8 Å². The van der Waals surface area contributed by atoms with Gasteiger partial charge in [-0.25, -0.2) is 12.8 Å². The summed E-state index contributed by atoms with van der Waals surface area (Å²) < 4.78 is 47.0. The summed E-state index contributed by atoms with van der Waals surface area (Å²) in [6.07, 6.45) is 3.28. The number of hydrogen-bond donors (Lipinski definition) is 2. The number of ether oxygens (including phenoxy) is 1. The summed E-state index contributed by atoms with van der Waals surface area (Å²) in [5.74, 6) is -1.05. The molecule has 1 heterocycles. The van der Waals surface area contributed by atoms with Gasteiger partial charge in [-0.1, -0.05) is 60.7 Å². The van der Waals surface area contributed by atoms with Gasteiger partial charge in [-0.05, 0) is 77.4 Å². The van der Waals surface area contributed by atoms with Crippen molar-refractivity contribution in [3.63, 3.8) is 0 Å². The fraction of sp³-hybridized carbons (Fsp3) is 0.114. The first-order chi connectivity index (χ1) is 22.3. The fourth-order valence-electron chi connectivity index (χ4n) is 4.67. The molecule has 11 heteroatoms. The summed E-state index contributed by atoms with van der Waals surface area (Å²) >= 11 is 0. The summed E-state index contributed by atoms with van der Waals surface area (Å²) in [5, 5.41) is 2.95. The average Bonchev–Trinajstić information content (AvgIpc) is 3.08. The lowest BCUT2D eigenvalue weighted by molar-refractivity contribution is -0.143. The van der Waals surface area contributed by atoms with Crippen LogP contribution >= 0.6 is 0 Å². The molecule has 1 atom stereocenters. The molecule has 0 unspecified atom stereocenters. The van der Waals surface area contributed by atoms with Crippen molar-refractivity contribution in [2.45, 2.75) is 24.0 Å². The van der Waals surface area contributed by atoms with Gasteiger partial charge < -0.3 is 15.0 Å². The highest BCUT2D eigenvalue weighted by Crippen LogP contribution is 2.25. The van der Waals surface area contributed by atoms with E-state index in [2.05, 4.69) is 15.0 Å². The number of hydrogen-bond acceptors (Lipinski definition) is 6. The highest BCUT2D eigenvalue weighted by Gasteiger charge is 2.32. The molecule has 0 fully saturated rings. The first-order valence-corrected chi connectivity index (χ1v) is 15.8. The molecule has 0 saturated carbocycles. The van der Waals surface area contributed by atoms with Crippen LogP contribution in [0.2, 0.25) is 0 Å². The molecule has 0 aliphatic carbocycles. The van der Waals surface area contributed by atoms with E-state index in [0.717, 1.165) is 23.3 Å². The molecular weight excluding hydrogens is 607 g/mol. The molecular formula is C35H31FN4O5S. The van der Waals surface area contributed by atoms with E-state index in [0.29, 0.717) is 5.56 Å². The Kier molecular flexibility index (Phi) is 10.4. The van der Waals surface area contributed by atoms with E-state index in [-0.39, 0.29) is 35.3 Å². The molecule has 0 spiro atoms. The smallest absolute Gasteiger partial charge is 0.261 e. The number of rotatable bonds is 13. The summed E-state index contributed by atoms with van der Waals surface area (Å²) in [6, 6.07) is 31.5. The molecule has 0 radical (unpaired) electrons. The number of carbonyl (C=O) groups excluding carboxylic acids is 2. The van der Waals surface area contributed by atoms with Crippen molar-refractivity contribution in [2.24, 2.45) is 0 Å². The van der Waals surface area contributed by atoms with Gasteiger partial charge >= 0.3 is 0 Å². The molecule has 0 aliphatic rings. The van der Waals surface area contributed by atoms with Gasteiger partial charge in [0.25, 0.3) is 15.9 Å². The number of amides is 2. The molecule has 2 N–H and O–H groups in total. The van der Waals surface area contributed by atoms with Crippen LogP contribution in [0, 0.1) is 5.82 Å². The molecule has 5 rings (SSSR count). The molecule has 234 valence electrons. The lowest BCUT2D eigenvalue weighted by Gasteiger charge is -2.31. The largest absolute Gasteiger partial charge is 0.484 e. The number of carbonyl (C=O) groups is 2. The molecule has 4 aromatic carbocycles. The van der Waals surface area contributed by atoms with Crippen LogP contribution < -0.4 is 14.8 Å². The van der Waals surface area contributed by atoms with Gasteiger partial charge in [0.05, 0.1) is 4.90 Å². The Morgan fingerprint density at radius 1 is 0.783 bits per heavy atom. The average molecular weight is 639 g/mol. The van der Waals surface area contributed by atoms with E-state index in [9.17, 15) is 22.4 Å². The number of anilines is 1. The number of sulfonamides is 1. The van der Waals surface area contributed by atoms with Crippen LogP contribution in [0.25, 0.3) is 0 Å². The fourth-order valence-corrected chi connectivity index (χ4v) is 5.73. The number of benzene rings is 4. The van der Waals surface area contributed by atoms with Crippen molar-refractivity contribution in [2.75, 3.05) is 11.3 Å². The monoisotopic (exact) mass is 638 g/mol. The van der Waals surface area contributed by atoms with E-state index < -0.39 is 34.4 Å². The van der Waals surface area contributed by atoms with Crippen LogP contribution in [-0.2, 0) is 32.7 Å². The number of aromatic nitrogens is 1. The van der Waals surface area contributed by atoms with Gasteiger partial charge in [-0.3, -0.25) is 19.3 Å². The standard InChI is InChI=1S/C35H31FN4O5S/c36-29-11-13-30(14-12-29)39-46(43,44)32-17-15-31(16-18-32)45-25-33(41)40(24-27-7-3-1-4-8-27)34(28-9-5-2-6-10-28)35(42)38-23-26-19-21-37-22-20-26/h1-22,34,39H,23-25H2,(H,38,42)/t34-/m1/s1. The van der Waals surface area contributed by atoms with Gasteiger partial charge in [0.1, 0.15) is 17.6 Å². The van der Waals surface area contributed by atoms with E-state index in [1.807, 2.05) is 36.4 Å². The molecule has 0 saturated heterocycles. The third kappa shape index (κ3) is 8.54. The van der Waals surface area contributed by atoms with Crippen LogP contribution in [0.4, 0.5) is 10.1 Å². The van der Waals surface area contributed by atoms with E-state index in [4.69, 9.17) is 4.74 Å². The lowest BCUT2D eigenvalue weighted by atomic mass is 10.0. The third-order valence-electron chi connectivity index (χ3n) is 7.00. The van der Waals surface area contributed by atoms with Crippen LogP contribution in [-0.4, -0.2) is 36.7 Å². The maximum Gasteiger partial charge on any atom is 0.261 e. The Bertz CT molecular complexity index is 1840. The second-order valence-electron chi connectivity index (χ2n) is 10.3. The van der Waals surface area contributed by atoms with Crippen molar-refractivity contribution in [3.8, 4) is 5.75 Å². The first-order valence-electron chi connectivity index (χ1n) is 14.3. The summed E-state index contributed by atoms with van der Waals surface area (Å²) in [5.41, 5.74) is 2.52. The molecule has 9 nitrogen and oxygen atoms in total. The van der Waals surface area contributed by atoms with Crippen molar-refractivity contribution in [3.05, 3.63) is 156 Å². The first kappa shape index (κ1) is 31.9. The summed E-state index contributed by atoms with van der Waals surface area (Å²) in [7, 11) is -3.95. The maximum absolute atomic E-state index is 13.8. The molecule has 1 aromatic heterocycles. The Labute approximate surface area is 266 Å². The number of nitrogens with zero attached hydrogens (tertiary/aromatic N) is 2. The highest BCUT2D eigenvalue weighted by atomic mass is 32.2. The quantitative estimate of drug-likeness (QED) is 0.176. The Balaban J connectivity index is 1.34. The van der Waals surface area contributed by atoms with Crippen molar-refractivity contribution >= 4 is 27.5 Å². The zero-order valence-electron chi connectivity index (χ0n) is 24.6. The Morgan fingerprint density at radius 2 is 1.41 bits per heavy atom. The Hall–Kier alpha value is -5.55. The van der Waals surface area contributed by atoms with Gasteiger partial charge in [-0.15, -0.1) is 0 Å². The highest BCUT2D eigenvalue weighted by molar-refractivity contribution is 7.92. The lowest BCUT2D eigenvalue weighted by Crippen LogP contribution is -2.45. The van der Waals surface area contributed by atoms with Gasteiger partial charge in [-0.2, -0.15) is 0 Å². The molecule has 0 aliphatic heterocycles. The second-order valence-corrected chi connectivity index (χ2v) is 11.9.